The second kappa shape index (κ2) is 12.9. The van der Waals surface area contributed by atoms with Gasteiger partial charge in [0.2, 0.25) is 0 Å². The average Bonchev–Trinajstić information content (AvgIpc) is 3.60. The van der Waals surface area contributed by atoms with Crippen molar-refractivity contribution in [2.24, 2.45) is 10.9 Å². The third-order valence-corrected chi connectivity index (χ3v) is 9.40. The number of thioether (sulfide) groups is 2. The lowest BCUT2D eigenvalue weighted by atomic mass is 10.0. The fourth-order valence-corrected chi connectivity index (χ4v) is 7.30. The Bertz CT molecular complexity index is 1650. The molecule has 3 aromatic rings. The summed E-state index contributed by atoms with van der Waals surface area (Å²) in [5.74, 6) is -1.99. The number of anilines is 1. The van der Waals surface area contributed by atoms with Crippen LogP contribution in [-0.2, 0) is 30.5 Å². The summed E-state index contributed by atoms with van der Waals surface area (Å²) >= 11 is 3.91. The highest BCUT2D eigenvalue weighted by molar-refractivity contribution is 8.00. The molecule has 1 saturated heterocycles. The van der Waals surface area contributed by atoms with E-state index in [0.29, 0.717) is 11.3 Å². The minimum Gasteiger partial charge on any atom is -0.543 e. The van der Waals surface area contributed by atoms with Gasteiger partial charge in [-0.2, -0.15) is 4.40 Å². The lowest BCUT2D eigenvalue weighted by molar-refractivity contribution is -0.554. The first-order chi connectivity index (χ1) is 20.7. The van der Waals surface area contributed by atoms with Crippen LogP contribution >= 0.6 is 34.9 Å². The van der Waals surface area contributed by atoms with E-state index < -0.39 is 35.3 Å². The van der Waals surface area contributed by atoms with Crippen LogP contribution in [0.15, 0.2) is 57.4 Å². The van der Waals surface area contributed by atoms with Gasteiger partial charge in [-0.3, -0.25) is 14.5 Å². The number of carboxylic acid groups (broad SMARTS) is 1. The van der Waals surface area contributed by atoms with Gasteiger partial charge in [-0.05, 0) is 19.1 Å². The van der Waals surface area contributed by atoms with E-state index in [4.69, 9.17) is 21.0 Å². The van der Waals surface area contributed by atoms with Crippen molar-refractivity contribution in [3.8, 4) is 0 Å². The van der Waals surface area contributed by atoms with E-state index in [1.807, 2.05) is 33.4 Å². The van der Waals surface area contributed by atoms with Crippen molar-refractivity contribution < 1.29 is 38.3 Å². The van der Waals surface area contributed by atoms with Gasteiger partial charge >= 0.3 is 6.09 Å². The molecule has 226 valence electrons. The molecule has 0 unspecified atom stereocenters. The summed E-state index contributed by atoms with van der Waals surface area (Å²) in [7, 11) is 0. The molecule has 18 heteroatoms. The molecule has 2 atom stereocenters. The predicted molar refractivity (Wildman–Crippen MR) is 156 cm³/mol. The molecule has 0 radical (unpaired) electrons. The minimum atomic E-state index is -1.48. The molecule has 0 bridgehead atoms. The molecule has 0 saturated carbocycles. The third kappa shape index (κ3) is 6.25. The molecule has 2 aliphatic rings. The molecule has 3 amide bonds. The van der Waals surface area contributed by atoms with Crippen LogP contribution in [0.25, 0.3) is 5.65 Å². The van der Waals surface area contributed by atoms with E-state index in [1.54, 1.807) is 18.5 Å². The number of rotatable bonds is 12. The number of hydrogen-bond acceptors (Lipinski definition) is 13. The van der Waals surface area contributed by atoms with Gasteiger partial charge in [-0.15, -0.1) is 23.1 Å². The van der Waals surface area contributed by atoms with E-state index in [2.05, 4.69) is 15.5 Å². The molecule has 1 fully saturated rings. The number of carbonyl (C=O) groups excluding carboxylic acids is 4. The summed E-state index contributed by atoms with van der Waals surface area (Å²) in [5, 5.41) is 20.8. The van der Waals surface area contributed by atoms with Gasteiger partial charge in [0.1, 0.15) is 49.3 Å². The van der Waals surface area contributed by atoms with Crippen LogP contribution < -0.4 is 26.3 Å². The van der Waals surface area contributed by atoms with Gasteiger partial charge in [0.15, 0.2) is 15.9 Å². The van der Waals surface area contributed by atoms with Gasteiger partial charge in [-0.1, -0.05) is 16.9 Å². The van der Waals surface area contributed by atoms with Crippen molar-refractivity contribution in [2.75, 3.05) is 30.5 Å². The highest BCUT2D eigenvalue weighted by Gasteiger charge is 2.53. The Balaban J connectivity index is 1.32. The minimum absolute atomic E-state index is 0.145. The van der Waals surface area contributed by atoms with Crippen LogP contribution in [0.3, 0.4) is 0 Å². The van der Waals surface area contributed by atoms with Gasteiger partial charge < -0.3 is 36.3 Å². The SMILES string of the molecule is CCO/N=C(\C(=O)N[C@@H]1C(=O)N2C(C(=O)[O-])=C(Cn3cc[n+]4c(SCCOC(N)=O)cccc34)CS[C@@H]12)c1csc(N)n1. The maximum atomic E-state index is 13.2. The molecular weight excluding hydrogens is 621 g/mol. The summed E-state index contributed by atoms with van der Waals surface area (Å²) in [6.07, 6.45) is 2.81. The lowest BCUT2D eigenvalue weighted by Crippen LogP contribution is -2.71. The molecule has 2 aliphatic heterocycles. The maximum Gasteiger partial charge on any atom is 0.404 e. The number of imidazole rings is 1. The number of thiazole rings is 1. The van der Waals surface area contributed by atoms with Crippen molar-refractivity contribution in [2.45, 2.75) is 29.9 Å². The zero-order chi connectivity index (χ0) is 30.7. The fourth-order valence-electron chi connectivity index (χ4n) is 4.58. The quantitative estimate of drug-likeness (QED) is 0.0559. The van der Waals surface area contributed by atoms with Crippen LogP contribution in [0.5, 0.6) is 0 Å². The number of amides is 3. The molecule has 5 N–H and O–H groups in total. The van der Waals surface area contributed by atoms with Gasteiger partial charge in [0.25, 0.3) is 17.5 Å². The number of aromatic nitrogens is 3. The maximum absolute atomic E-state index is 13.2. The second-order valence-corrected chi connectivity index (χ2v) is 12.2. The number of nitrogens with two attached hydrogens (primary N) is 2. The monoisotopic (exact) mass is 646 g/mol. The zero-order valence-electron chi connectivity index (χ0n) is 22.6. The summed E-state index contributed by atoms with van der Waals surface area (Å²) in [6, 6.07) is 4.65. The Morgan fingerprint density at radius 2 is 2.16 bits per heavy atom. The first kappa shape index (κ1) is 30.2. The highest BCUT2D eigenvalue weighted by atomic mass is 32.2. The number of carboxylic acids is 1. The van der Waals surface area contributed by atoms with Crippen molar-refractivity contribution in [1.82, 2.24) is 19.8 Å². The number of fused-ring (bicyclic) bond motifs is 2. The zero-order valence-corrected chi connectivity index (χ0v) is 25.1. The number of carbonyl (C=O) groups is 4. The molecule has 0 aliphatic carbocycles. The molecule has 15 nitrogen and oxygen atoms in total. The number of hydrogen-bond donors (Lipinski definition) is 3. The molecular formula is C25H26N8O7S3. The largest absolute Gasteiger partial charge is 0.543 e. The van der Waals surface area contributed by atoms with E-state index >= 15 is 0 Å². The Morgan fingerprint density at radius 1 is 1.35 bits per heavy atom. The molecule has 43 heavy (non-hydrogen) atoms. The van der Waals surface area contributed by atoms with Crippen molar-refractivity contribution in [3.63, 3.8) is 0 Å². The number of pyridine rings is 1. The van der Waals surface area contributed by atoms with Gasteiger partial charge in [0.05, 0.1) is 11.7 Å². The number of oxime groups is 1. The average molecular weight is 647 g/mol. The number of ether oxygens (including phenoxy) is 1. The van der Waals surface area contributed by atoms with E-state index in [0.717, 1.165) is 26.9 Å². The predicted octanol–water partition coefficient (Wildman–Crippen LogP) is -0.702. The van der Waals surface area contributed by atoms with Crippen LogP contribution in [0.2, 0.25) is 0 Å². The smallest absolute Gasteiger partial charge is 0.404 e. The van der Waals surface area contributed by atoms with Gasteiger partial charge in [-0.25, -0.2) is 14.3 Å². The lowest BCUT2D eigenvalue weighted by Gasteiger charge is -2.50. The normalized spacial score (nSPS) is 18.3. The first-order valence-corrected chi connectivity index (χ1v) is 15.8. The number of primary amides is 1. The van der Waals surface area contributed by atoms with Crippen molar-refractivity contribution in [1.29, 1.82) is 0 Å². The summed E-state index contributed by atoms with van der Waals surface area (Å²) < 4.78 is 8.57. The fraction of sp³-hybridized carbons (Fsp3) is 0.320. The third-order valence-electron chi connectivity index (χ3n) is 6.39. The standard InChI is InChI=1S/C25H26N8O7S3/c1-2-40-30-17(14-12-43-24(26)28-14)20(34)29-18-21(35)33-19(23(36)37)13(11-42-22(18)33)10-31-6-7-32-15(31)4-3-5-16(32)41-9-8-39-25(27)38/h3-7,12,18,22H,2,8-11H2,1H3,(H5-,26,27,28,29,34,36,37,38)/b30-17-/t18-,22+/m1/s1. The number of β-lactam (4-membered cyclic amide) rings is 1. The van der Waals surface area contributed by atoms with Crippen molar-refractivity contribution >= 4 is 75.2 Å². The Morgan fingerprint density at radius 3 is 2.86 bits per heavy atom. The number of nitrogens with zero attached hydrogens (tertiary/aromatic N) is 5. The van der Waals surface area contributed by atoms with E-state index in [1.165, 1.54) is 23.5 Å². The molecule has 0 aromatic carbocycles. The van der Waals surface area contributed by atoms with E-state index in [-0.39, 0.29) is 47.7 Å². The van der Waals surface area contributed by atoms with E-state index in [9.17, 15) is 24.3 Å². The topological polar surface area (TPSA) is 211 Å². The van der Waals surface area contributed by atoms with Crippen LogP contribution in [0.4, 0.5) is 9.93 Å². The summed E-state index contributed by atoms with van der Waals surface area (Å²) in [4.78, 5) is 59.7. The Hall–Kier alpha value is -4.29. The molecule has 5 heterocycles. The van der Waals surface area contributed by atoms with Crippen LogP contribution in [-0.4, -0.2) is 80.2 Å². The summed E-state index contributed by atoms with van der Waals surface area (Å²) in [6.45, 7) is 2.25. The molecule has 0 spiro atoms. The number of aliphatic carboxylic acids is 1. The highest BCUT2D eigenvalue weighted by Crippen LogP contribution is 2.40. The van der Waals surface area contributed by atoms with Crippen LogP contribution in [0.1, 0.15) is 12.6 Å². The second-order valence-electron chi connectivity index (χ2n) is 9.06. The van der Waals surface area contributed by atoms with Crippen LogP contribution in [0, 0.1) is 0 Å². The van der Waals surface area contributed by atoms with Crippen molar-refractivity contribution in [3.05, 3.63) is 52.9 Å². The number of nitrogens with one attached hydrogen (secondary N) is 1. The summed E-state index contributed by atoms with van der Waals surface area (Å²) in [5.41, 5.74) is 11.8. The molecule has 5 rings (SSSR count). The first-order valence-electron chi connectivity index (χ1n) is 12.8. The van der Waals surface area contributed by atoms with Gasteiger partial charge in [0, 0.05) is 28.5 Å². The molecule has 3 aromatic heterocycles. The number of nitrogen functional groups attached to an aromatic ring is 1. The Labute approximate surface area is 256 Å². The Kier molecular flexibility index (Phi) is 9.07.